The molecule has 0 aliphatic heterocycles. The van der Waals surface area contributed by atoms with Crippen LogP contribution in [0.3, 0.4) is 0 Å². The number of carbonyl (C=O) groups excluding carboxylic acids is 1. The standard InChI is InChI=1S/C14H15NO3/c1-17-14(16)12-7-8-18-13(12)10-15-9-11-5-3-2-4-6-11/h2-8,15H,9-10H2,1H3. The highest BCUT2D eigenvalue weighted by Crippen LogP contribution is 2.11. The third-order valence-corrected chi connectivity index (χ3v) is 2.61. The van der Waals surface area contributed by atoms with Crippen LogP contribution in [0.5, 0.6) is 0 Å². The van der Waals surface area contributed by atoms with E-state index in [1.807, 2.05) is 30.3 Å². The zero-order chi connectivity index (χ0) is 12.8. The first kappa shape index (κ1) is 12.4. The van der Waals surface area contributed by atoms with Crippen molar-refractivity contribution in [2.45, 2.75) is 13.1 Å². The summed E-state index contributed by atoms with van der Waals surface area (Å²) in [7, 11) is 1.36. The molecular weight excluding hydrogens is 230 g/mol. The Labute approximate surface area is 106 Å². The molecular formula is C14H15NO3. The fourth-order valence-corrected chi connectivity index (χ4v) is 1.69. The van der Waals surface area contributed by atoms with E-state index in [4.69, 9.17) is 4.42 Å². The molecule has 1 heterocycles. The Morgan fingerprint density at radius 3 is 2.72 bits per heavy atom. The molecule has 4 heteroatoms. The van der Waals surface area contributed by atoms with Gasteiger partial charge in [-0.15, -0.1) is 0 Å². The van der Waals surface area contributed by atoms with Crippen molar-refractivity contribution in [3.05, 3.63) is 59.5 Å². The van der Waals surface area contributed by atoms with E-state index in [2.05, 4.69) is 10.1 Å². The third-order valence-electron chi connectivity index (χ3n) is 2.61. The number of benzene rings is 1. The van der Waals surface area contributed by atoms with Gasteiger partial charge in [-0.2, -0.15) is 0 Å². The van der Waals surface area contributed by atoms with E-state index in [0.29, 0.717) is 17.9 Å². The Morgan fingerprint density at radius 2 is 2.00 bits per heavy atom. The van der Waals surface area contributed by atoms with E-state index in [-0.39, 0.29) is 5.97 Å². The molecule has 1 N–H and O–H groups in total. The van der Waals surface area contributed by atoms with Crippen molar-refractivity contribution in [1.29, 1.82) is 0 Å². The molecule has 0 bridgehead atoms. The van der Waals surface area contributed by atoms with Crippen molar-refractivity contribution < 1.29 is 13.9 Å². The predicted octanol–water partition coefficient (Wildman–Crippen LogP) is 2.36. The molecule has 0 amide bonds. The fourth-order valence-electron chi connectivity index (χ4n) is 1.69. The van der Waals surface area contributed by atoms with Gasteiger partial charge in [0.1, 0.15) is 11.3 Å². The molecule has 18 heavy (non-hydrogen) atoms. The second-order valence-corrected chi connectivity index (χ2v) is 3.84. The van der Waals surface area contributed by atoms with Crippen molar-refractivity contribution in [2.24, 2.45) is 0 Å². The Morgan fingerprint density at radius 1 is 1.22 bits per heavy atom. The second kappa shape index (κ2) is 6.02. The molecule has 2 rings (SSSR count). The minimum atomic E-state index is -0.375. The molecule has 1 aromatic heterocycles. The number of ether oxygens (including phenoxy) is 1. The first-order valence-corrected chi connectivity index (χ1v) is 5.70. The first-order valence-electron chi connectivity index (χ1n) is 5.70. The molecule has 4 nitrogen and oxygen atoms in total. The molecule has 0 saturated carbocycles. The average Bonchev–Trinajstić information content (AvgIpc) is 2.87. The fraction of sp³-hybridized carbons (Fsp3) is 0.214. The number of nitrogens with one attached hydrogen (secondary N) is 1. The molecule has 0 radical (unpaired) electrons. The number of esters is 1. The van der Waals surface area contributed by atoms with Crippen LogP contribution in [0.4, 0.5) is 0 Å². The zero-order valence-corrected chi connectivity index (χ0v) is 10.2. The van der Waals surface area contributed by atoms with Crippen molar-refractivity contribution in [3.63, 3.8) is 0 Å². The van der Waals surface area contributed by atoms with Gasteiger partial charge < -0.3 is 14.5 Å². The highest BCUT2D eigenvalue weighted by atomic mass is 16.5. The normalized spacial score (nSPS) is 10.3. The molecule has 1 aromatic carbocycles. The van der Waals surface area contributed by atoms with Crippen LogP contribution in [0.2, 0.25) is 0 Å². The van der Waals surface area contributed by atoms with E-state index in [1.54, 1.807) is 6.07 Å². The quantitative estimate of drug-likeness (QED) is 0.821. The van der Waals surface area contributed by atoms with E-state index < -0.39 is 0 Å². The number of hydrogen-bond acceptors (Lipinski definition) is 4. The molecule has 0 aliphatic carbocycles. The Kier molecular flexibility index (Phi) is 4.15. The van der Waals surface area contributed by atoms with Crippen molar-refractivity contribution >= 4 is 5.97 Å². The van der Waals surface area contributed by atoms with Crippen LogP contribution in [0.15, 0.2) is 47.1 Å². The van der Waals surface area contributed by atoms with Crippen LogP contribution in [-0.2, 0) is 17.8 Å². The van der Waals surface area contributed by atoms with Gasteiger partial charge in [0.05, 0.1) is 19.9 Å². The van der Waals surface area contributed by atoms with Crippen molar-refractivity contribution in [3.8, 4) is 0 Å². The van der Waals surface area contributed by atoms with Crippen LogP contribution < -0.4 is 5.32 Å². The minimum absolute atomic E-state index is 0.375. The van der Waals surface area contributed by atoms with Gasteiger partial charge in [0.15, 0.2) is 0 Å². The van der Waals surface area contributed by atoms with Crippen molar-refractivity contribution in [1.82, 2.24) is 5.32 Å². The Hall–Kier alpha value is -2.07. The molecule has 0 fully saturated rings. The lowest BCUT2D eigenvalue weighted by Crippen LogP contribution is -2.14. The Bertz CT molecular complexity index is 505. The summed E-state index contributed by atoms with van der Waals surface area (Å²) in [5.74, 6) is 0.220. The van der Waals surface area contributed by atoms with Crippen LogP contribution in [0, 0.1) is 0 Å². The molecule has 0 saturated heterocycles. The maximum atomic E-state index is 11.4. The maximum absolute atomic E-state index is 11.4. The number of methoxy groups -OCH3 is 1. The Balaban J connectivity index is 1.91. The minimum Gasteiger partial charge on any atom is -0.467 e. The highest BCUT2D eigenvalue weighted by molar-refractivity contribution is 5.90. The summed E-state index contributed by atoms with van der Waals surface area (Å²) in [6, 6.07) is 11.6. The van der Waals surface area contributed by atoms with Gasteiger partial charge >= 0.3 is 5.97 Å². The number of rotatable bonds is 5. The molecule has 94 valence electrons. The maximum Gasteiger partial charge on any atom is 0.341 e. The van der Waals surface area contributed by atoms with Gasteiger partial charge in [0.2, 0.25) is 0 Å². The van der Waals surface area contributed by atoms with Crippen LogP contribution in [0.1, 0.15) is 21.7 Å². The van der Waals surface area contributed by atoms with E-state index in [1.165, 1.54) is 18.9 Å². The monoisotopic (exact) mass is 245 g/mol. The highest BCUT2D eigenvalue weighted by Gasteiger charge is 2.14. The van der Waals surface area contributed by atoms with Gasteiger partial charge in [-0.1, -0.05) is 30.3 Å². The number of carbonyl (C=O) groups is 1. The van der Waals surface area contributed by atoms with Crippen LogP contribution in [0.25, 0.3) is 0 Å². The molecule has 0 aliphatic rings. The van der Waals surface area contributed by atoms with Gasteiger partial charge in [-0.05, 0) is 11.6 Å². The topological polar surface area (TPSA) is 51.5 Å². The third kappa shape index (κ3) is 2.99. The summed E-state index contributed by atoms with van der Waals surface area (Å²) in [5.41, 5.74) is 1.65. The van der Waals surface area contributed by atoms with Gasteiger partial charge in [-0.3, -0.25) is 0 Å². The van der Waals surface area contributed by atoms with E-state index in [9.17, 15) is 4.79 Å². The SMILES string of the molecule is COC(=O)c1ccoc1CNCc1ccccc1. The summed E-state index contributed by atoms with van der Waals surface area (Å²) in [6.45, 7) is 1.22. The van der Waals surface area contributed by atoms with Gasteiger partial charge in [-0.25, -0.2) is 4.79 Å². The summed E-state index contributed by atoms with van der Waals surface area (Å²) < 4.78 is 9.94. The van der Waals surface area contributed by atoms with Crippen LogP contribution in [-0.4, -0.2) is 13.1 Å². The molecule has 0 unspecified atom stereocenters. The summed E-state index contributed by atoms with van der Waals surface area (Å²) in [6.07, 6.45) is 1.49. The molecule has 2 aromatic rings. The van der Waals surface area contributed by atoms with E-state index in [0.717, 1.165) is 6.54 Å². The second-order valence-electron chi connectivity index (χ2n) is 3.84. The lowest BCUT2D eigenvalue weighted by molar-refractivity contribution is 0.0598. The van der Waals surface area contributed by atoms with E-state index >= 15 is 0 Å². The lowest BCUT2D eigenvalue weighted by Gasteiger charge is -2.04. The summed E-state index contributed by atoms with van der Waals surface area (Å²) in [4.78, 5) is 11.4. The molecule has 0 atom stereocenters. The largest absolute Gasteiger partial charge is 0.467 e. The van der Waals surface area contributed by atoms with Gasteiger partial charge in [0.25, 0.3) is 0 Å². The lowest BCUT2D eigenvalue weighted by atomic mass is 10.2. The first-order chi connectivity index (χ1) is 8.81. The smallest absolute Gasteiger partial charge is 0.341 e. The van der Waals surface area contributed by atoms with Gasteiger partial charge in [0, 0.05) is 6.54 Å². The predicted molar refractivity (Wildman–Crippen MR) is 67.0 cm³/mol. The summed E-state index contributed by atoms with van der Waals surface area (Å²) >= 11 is 0. The summed E-state index contributed by atoms with van der Waals surface area (Å²) in [5, 5.41) is 3.22. The average molecular weight is 245 g/mol. The molecule has 0 spiro atoms. The van der Waals surface area contributed by atoms with Crippen molar-refractivity contribution in [2.75, 3.05) is 7.11 Å². The van der Waals surface area contributed by atoms with Crippen LogP contribution >= 0.6 is 0 Å². The number of furan rings is 1. The zero-order valence-electron chi connectivity index (χ0n) is 10.2. The number of hydrogen-bond donors (Lipinski definition) is 1.